The summed E-state index contributed by atoms with van der Waals surface area (Å²) in [6.07, 6.45) is 4.36. The molecule has 3 heterocycles. The number of nitrogens with zero attached hydrogens (tertiary/aromatic N) is 4. The number of benzene rings is 1. The summed E-state index contributed by atoms with van der Waals surface area (Å²) in [5.74, 6) is 0.0638. The molecule has 29 heavy (non-hydrogen) atoms. The summed E-state index contributed by atoms with van der Waals surface area (Å²) in [4.78, 5) is 24.1. The van der Waals surface area contributed by atoms with Gasteiger partial charge in [-0.25, -0.2) is 4.98 Å². The summed E-state index contributed by atoms with van der Waals surface area (Å²) >= 11 is 1.58. The Balaban J connectivity index is 1.23. The maximum atomic E-state index is 12.8. The quantitative estimate of drug-likeness (QED) is 0.730. The second-order valence-corrected chi connectivity index (χ2v) is 8.36. The van der Waals surface area contributed by atoms with E-state index in [0.717, 1.165) is 70.6 Å². The van der Waals surface area contributed by atoms with Crippen LogP contribution in [-0.4, -0.2) is 84.6 Å². The fourth-order valence-corrected chi connectivity index (χ4v) is 4.44. The molecule has 154 valence electrons. The summed E-state index contributed by atoms with van der Waals surface area (Å²) in [6, 6.07) is 10.3. The standard InChI is InChI=1S/C22H28N4O2S/c27-22(20-18-29-21(23-20)17-25-13-15-28-16-14-25)26-11-9-24(10-12-26)8-4-7-19-5-2-1-3-6-19/h1-7,18H,8-17H2/b7-4+. The number of carbonyl (C=O) groups excluding carboxylic acids is 1. The van der Waals surface area contributed by atoms with E-state index in [-0.39, 0.29) is 5.91 Å². The lowest BCUT2D eigenvalue weighted by Crippen LogP contribution is -2.48. The number of hydrogen-bond acceptors (Lipinski definition) is 6. The molecule has 2 aliphatic rings. The average Bonchev–Trinajstić information content (AvgIpc) is 3.24. The van der Waals surface area contributed by atoms with Crippen molar-refractivity contribution >= 4 is 23.3 Å². The first-order valence-electron chi connectivity index (χ1n) is 10.3. The molecule has 6 nitrogen and oxygen atoms in total. The van der Waals surface area contributed by atoms with E-state index in [9.17, 15) is 4.79 Å². The van der Waals surface area contributed by atoms with Crippen molar-refractivity contribution < 1.29 is 9.53 Å². The second kappa shape index (κ2) is 10.1. The van der Waals surface area contributed by atoms with E-state index in [1.165, 1.54) is 5.56 Å². The molecule has 0 spiro atoms. The van der Waals surface area contributed by atoms with Crippen LogP contribution in [0.15, 0.2) is 41.8 Å². The van der Waals surface area contributed by atoms with Crippen molar-refractivity contribution in [3.05, 3.63) is 58.1 Å². The average molecular weight is 413 g/mol. The van der Waals surface area contributed by atoms with E-state index in [4.69, 9.17) is 4.74 Å². The molecule has 2 saturated heterocycles. The Morgan fingerprint density at radius 1 is 1.03 bits per heavy atom. The minimum Gasteiger partial charge on any atom is -0.379 e. The highest BCUT2D eigenvalue weighted by Crippen LogP contribution is 2.16. The Kier molecular flexibility index (Phi) is 7.05. The SMILES string of the molecule is O=C(c1csc(CN2CCOCC2)n1)N1CCN(C/C=C/c2ccccc2)CC1. The van der Waals surface area contributed by atoms with E-state index < -0.39 is 0 Å². The Morgan fingerprint density at radius 3 is 2.55 bits per heavy atom. The van der Waals surface area contributed by atoms with Gasteiger partial charge in [0.15, 0.2) is 0 Å². The number of hydrogen-bond donors (Lipinski definition) is 0. The molecule has 0 N–H and O–H groups in total. The van der Waals surface area contributed by atoms with Crippen molar-refractivity contribution in [2.45, 2.75) is 6.54 Å². The zero-order chi connectivity index (χ0) is 19.9. The van der Waals surface area contributed by atoms with Gasteiger partial charge in [0.25, 0.3) is 5.91 Å². The van der Waals surface area contributed by atoms with Gasteiger partial charge >= 0.3 is 0 Å². The van der Waals surface area contributed by atoms with Gasteiger partial charge in [-0.2, -0.15) is 0 Å². The topological polar surface area (TPSA) is 48.9 Å². The summed E-state index contributed by atoms with van der Waals surface area (Å²) < 4.78 is 5.39. The molecular weight excluding hydrogens is 384 g/mol. The van der Waals surface area contributed by atoms with Crippen molar-refractivity contribution in [2.24, 2.45) is 0 Å². The fourth-order valence-electron chi connectivity index (χ4n) is 3.63. The van der Waals surface area contributed by atoms with Gasteiger partial charge in [0.05, 0.1) is 19.8 Å². The van der Waals surface area contributed by atoms with Crippen LogP contribution in [0.5, 0.6) is 0 Å². The molecule has 2 fully saturated rings. The third-order valence-electron chi connectivity index (χ3n) is 5.37. The number of morpholine rings is 1. The minimum absolute atomic E-state index is 0.0638. The Labute approximate surface area is 176 Å². The molecule has 1 aromatic heterocycles. The predicted molar refractivity (Wildman–Crippen MR) is 116 cm³/mol. The third kappa shape index (κ3) is 5.73. The molecule has 0 bridgehead atoms. The molecule has 1 amide bonds. The molecule has 0 atom stereocenters. The van der Waals surface area contributed by atoms with Gasteiger partial charge in [-0.3, -0.25) is 14.6 Å². The largest absolute Gasteiger partial charge is 0.379 e. The number of ether oxygens (including phenoxy) is 1. The minimum atomic E-state index is 0.0638. The molecule has 0 radical (unpaired) electrons. The molecule has 0 saturated carbocycles. The molecule has 0 aliphatic carbocycles. The third-order valence-corrected chi connectivity index (χ3v) is 6.20. The highest BCUT2D eigenvalue weighted by atomic mass is 32.1. The fraction of sp³-hybridized carbons (Fsp3) is 0.455. The van der Waals surface area contributed by atoms with E-state index in [2.05, 4.69) is 51.2 Å². The normalized spacial score (nSPS) is 19.1. The molecule has 2 aliphatic heterocycles. The maximum absolute atomic E-state index is 12.8. The van der Waals surface area contributed by atoms with Crippen LogP contribution < -0.4 is 0 Å². The summed E-state index contributed by atoms with van der Waals surface area (Å²) in [5.41, 5.74) is 1.81. The van der Waals surface area contributed by atoms with Gasteiger partial charge < -0.3 is 9.64 Å². The van der Waals surface area contributed by atoms with Crippen molar-refractivity contribution in [3.63, 3.8) is 0 Å². The number of piperazine rings is 1. The number of carbonyl (C=O) groups is 1. The van der Waals surface area contributed by atoms with Crippen molar-refractivity contribution in [2.75, 3.05) is 59.0 Å². The van der Waals surface area contributed by atoms with E-state index in [1.807, 2.05) is 16.3 Å². The molecule has 7 heteroatoms. The summed E-state index contributed by atoms with van der Waals surface area (Å²) in [7, 11) is 0. The van der Waals surface area contributed by atoms with Gasteiger partial charge in [0.1, 0.15) is 10.7 Å². The molecule has 4 rings (SSSR count). The van der Waals surface area contributed by atoms with Gasteiger partial charge in [0.2, 0.25) is 0 Å². The van der Waals surface area contributed by atoms with Crippen molar-refractivity contribution in [1.29, 1.82) is 0 Å². The summed E-state index contributed by atoms with van der Waals surface area (Å²) in [6.45, 7) is 8.46. The van der Waals surface area contributed by atoms with E-state index in [1.54, 1.807) is 11.3 Å². The zero-order valence-corrected chi connectivity index (χ0v) is 17.5. The van der Waals surface area contributed by atoms with Crippen LogP contribution in [0.3, 0.4) is 0 Å². The van der Waals surface area contributed by atoms with Crippen LogP contribution in [0.1, 0.15) is 21.1 Å². The Hall–Kier alpha value is -2.06. The van der Waals surface area contributed by atoms with Gasteiger partial charge in [-0.05, 0) is 5.56 Å². The van der Waals surface area contributed by atoms with Crippen LogP contribution >= 0.6 is 11.3 Å². The van der Waals surface area contributed by atoms with Crippen molar-refractivity contribution in [3.8, 4) is 0 Å². The van der Waals surface area contributed by atoms with Crippen LogP contribution in [0.4, 0.5) is 0 Å². The predicted octanol–water partition coefficient (Wildman–Crippen LogP) is 2.45. The van der Waals surface area contributed by atoms with Crippen LogP contribution in [0, 0.1) is 0 Å². The first-order chi connectivity index (χ1) is 14.3. The lowest BCUT2D eigenvalue weighted by molar-refractivity contribution is 0.0341. The van der Waals surface area contributed by atoms with Gasteiger partial charge in [-0.1, -0.05) is 42.5 Å². The van der Waals surface area contributed by atoms with Crippen LogP contribution in [-0.2, 0) is 11.3 Å². The Morgan fingerprint density at radius 2 is 1.79 bits per heavy atom. The van der Waals surface area contributed by atoms with E-state index in [0.29, 0.717) is 5.69 Å². The van der Waals surface area contributed by atoms with Crippen LogP contribution in [0.25, 0.3) is 6.08 Å². The number of aromatic nitrogens is 1. The first kappa shape index (κ1) is 20.2. The van der Waals surface area contributed by atoms with Crippen molar-refractivity contribution in [1.82, 2.24) is 19.7 Å². The maximum Gasteiger partial charge on any atom is 0.273 e. The number of thiazole rings is 1. The first-order valence-corrected chi connectivity index (χ1v) is 11.1. The molecular formula is C22H28N4O2S. The second-order valence-electron chi connectivity index (χ2n) is 7.42. The Bertz CT molecular complexity index is 809. The highest BCUT2D eigenvalue weighted by Gasteiger charge is 2.23. The zero-order valence-electron chi connectivity index (χ0n) is 16.7. The van der Waals surface area contributed by atoms with E-state index >= 15 is 0 Å². The lowest BCUT2D eigenvalue weighted by Gasteiger charge is -2.33. The smallest absolute Gasteiger partial charge is 0.273 e. The molecule has 1 aromatic carbocycles. The van der Waals surface area contributed by atoms with Gasteiger partial charge in [-0.15, -0.1) is 11.3 Å². The van der Waals surface area contributed by atoms with Gasteiger partial charge in [0, 0.05) is 51.2 Å². The van der Waals surface area contributed by atoms with Crippen LogP contribution in [0.2, 0.25) is 0 Å². The summed E-state index contributed by atoms with van der Waals surface area (Å²) in [5, 5.41) is 2.92. The molecule has 2 aromatic rings. The monoisotopic (exact) mass is 412 g/mol. The lowest BCUT2D eigenvalue weighted by atomic mass is 10.2. The number of amides is 1. The number of rotatable bonds is 6. The molecule has 0 unspecified atom stereocenters. The highest BCUT2D eigenvalue weighted by molar-refractivity contribution is 7.09.